The lowest BCUT2D eigenvalue weighted by atomic mass is 9.83. The fourth-order valence-electron chi connectivity index (χ4n) is 2.81. The van der Waals surface area contributed by atoms with Gasteiger partial charge in [0.2, 0.25) is 0 Å². The lowest BCUT2D eigenvalue weighted by Crippen LogP contribution is -2.31. The van der Waals surface area contributed by atoms with Crippen molar-refractivity contribution in [3.8, 4) is 0 Å². The number of benzene rings is 3. The highest BCUT2D eigenvalue weighted by Crippen LogP contribution is 2.41. The molecule has 0 bridgehead atoms. The molecule has 3 nitrogen and oxygen atoms in total. The summed E-state index contributed by atoms with van der Waals surface area (Å²) in [6.45, 7) is 0. The molecule has 0 aliphatic rings. The molecule has 132 valence electrons. The molecule has 0 fully saturated rings. The molecule has 0 aliphatic carbocycles. The van der Waals surface area contributed by atoms with E-state index < -0.39 is 18.0 Å². The minimum absolute atomic E-state index is 0.421. The first-order valence-corrected chi connectivity index (χ1v) is 9.21. The second-order valence-electron chi connectivity index (χ2n) is 5.85. The maximum Gasteiger partial charge on any atom is 0.307 e. The number of carboxylic acid groups (broad SMARTS) is 1. The average Bonchev–Trinajstić information content (AvgIpc) is 2.64. The van der Waals surface area contributed by atoms with Crippen LogP contribution in [0.25, 0.3) is 0 Å². The number of aliphatic carboxylic acids is 1. The second kappa shape index (κ2) is 7.96. The topological polar surface area (TPSA) is 57.5 Å². The monoisotopic (exact) mass is 384 g/mol. The van der Waals surface area contributed by atoms with E-state index >= 15 is 0 Å². The Morgan fingerprint density at radius 3 is 2.19 bits per heavy atom. The maximum atomic E-state index is 11.5. The van der Waals surface area contributed by atoms with E-state index in [1.54, 1.807) is 48.5 Å². The van der Waals surface area contributed by atoms with Crippen LogP contribution in [-0.4, -0.2) is 16.2 Å². The molecule has 5 heteroatoms. The minimum atomic E-state index is -1.62. The molecule has 3 rings (SSSR count). The Bertz CT molecular complexity index is 897. The number of carbonyl (C=O) groups is 1. The molecule has 3 aromatic carbocycles. The Hall–Kier alpha value is -2.27. The van der Waals surface area contributed by atoms with E-state index in [-0.39, 0.29) is 0 Å². The summed E-state index contributed by atoms with van der Waals surface area (Å²) in [5, 5.41) is 21.5. The Morgan fingerprint density at radius 2 is 1.54 bits per heavy atom. The van der Waals surface area contributed by atoms with Gasteiger partial charge in [-0.15, -0.1) is 0 Å². The largest absolute Gasteiger partial charge is 0.481 e. The Morgan fingerprint density at radius 1 is 0.923 bits per heavy atom. The van der Waals surface area contributed by atoms with Gasteiger partial charge in [0.1, 0.15) is 5.60 Å². The standard InChI is InChI=1S/C21H17ClO3S/c22-16-10-12-17(13-11-16)26-19-9-5-4-8-18(19)21(25,14-20(23)24)15-6-2-1-3-7-15/h1-13,25H,14H2,(H,23,24)/t21-/m0/s1. The van der Waals surface area contributed by atoms with Gasteiger partial charge in [0.25, 0.3) is 0 Å². The van der Waals surface area contributed by atoms with Crippen LogP contribution in [0.1, 0.15) is 17.5 Å². The van der Waals surface area contributed by atoms with E-state index in [2.05, 4.69) is 0 Å². The van der Waals surface area contributed by atoms with E-state index in [0.29, 0.717) is 16.1 Å². The summed E-state index contributed by atoms with van der Waals surface area (Å²) < 4.78 is 0. The van der Waals surface area contributed by atoms with E-state index in [4.69, 9.17) is 11.6 Å². The van der Waals surface area contributed by atoms with Crippen molar-refractivity contribution in [3.05, 3.63) is 95.0 Å². The molecule has 0 heterocycles. The number of rotatable bonds is 6. The summed E-state index contributed by atoms with van der Waals surface area (Å²) >= 11 is 7.40. The van der Waals surface area contributed by atoms with E-state index in [0.717, 1.165) is 9.79 Å². The summed E-state index contributed by atoms with van der Waals surface area (Å²) in [4.78, 5) is 13.2. The normalized spacial score (nSPS) is 13.2. The van der Waals surface area contributed by atoms with E-state index in [9.17, 15) is 15.0 Å². The molecule has 2 N–H and O–H groups in total. The van der Waals surface area contributed by atoms with Crippen molar-refractivity contribution in [1.82, 2.24) is 0 Å². The average molecular weight is 385 g/mol. The van der Waals surface area contributed by atoms with Crippen LogP contribution in [0.3, 0.4) is 0 Å². The zero-order valence-electron chi connectivity index (χ0n) is 13.8. The highest BCUT2D eigenvalue weighted by atomic mass is 35.5. The summed E-state index contributed by atoms with van der Waals surface area (Å²) in [7, 11) is 0. The van der Waals surface area contributed by atoms with Crippen LogP contribution in [0, 0.1) is 0 Å². The Labute approximate surface area is 161 Å². The first kappa shape index (κ1) is 18.5. The molecular formula is C21H17ClO3S. The maximum absolute atomic E-state index is 11.5. The lowest BCUT2D eigenvalue weighted by Gasteiger charge is -2.29. The van der Waals surface area contributed by atoms with Gasteiger partial charge in [-0.3, -0.25) is 4.79 Å². The van der Waals surface area contributed by atoms with Crippen LogP contribution in [0.2, 0.25) is 5.02 Å². The molecule has 3 aromatic rings. The number of aliphatic hydroxyl groups is 1. The molecule has 0 amide bonds. The zero-order valence-corrected chi connectivity index (χ0v) is 15.4. The quantitative estimate of drug-likeness (QED) is 0.613. The minimum Gasteiger partial charge on any atom is -0.481 e. The van der Waals surface area contributed by atoms with Crippen LogP contribution in [-0.2, 0) is 10.4 Å². The SMILES string of the molecule is O=C(O)C[C@](O)(c1ccccc1)c1ccccc1Sc1ccc(Cl)cc1. The molecule has 0 saturated carbocycles. The molecule has 26 heavy (non-hydrogen) atoms. The molecule has 0 aliphatic heterocycles. The van der Waals surface area contributed by atoms with Crippen molar-refractivity contribution >= 4 is 29.3 Å². The van der Waals surface area contributed by atoms with Crippen LogP contribution in [0.5, 0.6) is 0 Å². The zero-order chi connectivity index (χ0) is 18.6. The third-order valence-corrected chi connectivity index (χ3v) is 5.37. The Balaban J connectivity index is 2.07. The molecule has 0 unspecified atom stereocenters. The van der Waals surface area contributed by atoms with Crippen molar-refractivity contribution < 1.29 is 15.0 Å². The fraction of sp³-hybridized carbons (Fsp3) is 0.0952. The van der Waals surface area contributed by atoms with Crippen molar-refractivity contribution in [1.29, 1.82) is 0 Å². The number of halogens is 1. The third-order valence-electron chi connectivity index (χ3n) is 4.03. The predicted molar refractivity (Wildman–Crippen MR) is 104 cm³/mol. The first-order valence-electron chi connectivity index (χ1n) is 8.02. The van der Waals surface area contributed by atoms with Gasteiger partial charge >= 0.3 is 5.97 Å². The highest BCUT2D eigenvalue weighted by molar-refractivity contribution is 7.99. The smallest absolute Gasteiger partial charge is 0.307 e. The first-order chi connectivity index (χ1) is 12.5. The van der Waals surface area contributed by atoms with E-state index in [1.807, 2.05) is 30.3 Å². The summed E-state index contributed by atoms with van der Waals surface area (Å²) in [5.41, 5.74) is -0.511. The second-order valence-corrected chi connectivity index (χ2v) is 7.40. The molecule has 1 atom stereocenters. The van der Waals surface area contributed by atoms with Gasteiger partial charge in [-0.1, -0.05) is 71.9 Å². The Kier molecular flexibility index (Phi) is 5.67. The van der Waals surface area contributed by atoms with Crippen molar-refractivity contribution in [2.75, 3.05) is 0 Å². The van der Waals surface area contributed by atoms with Gasteiger partial charge in [-0.25, -0.2) is 0 Å². The third kappa shape index (κ3) is 4.10. The van der Waals surface area contributed by atoms with Gasteiger partial charge in [0, 0.05) is 20.4 Å². The number of carboxylic acids is 1. The molecule has 0 radical (unpaired) electrons. The number of hydrogen-bond donors (Lipinski definition) is 2. The van der Waals surface area contributed by atoms with Crippen molar-refractivity contribution in [2.45, 2.75) is 21.8 Å². The van der Waals surface area contributed by atoms with Gasteiger partial charge in [-0.2, -0.15) is 0 Å². The van der Waals surface area contributed by atoms with Gasteiger partial charge in [-0.05, 0) is 35.9 Å². The van der Waals surface area contributed by atoms with Crippen molar-refractivity contribution in [2.24, 2.45) is 0 Å². The van der Waals surface area contributed by atoms with Crippen LogP contribution < -0.4 is 0 Å². The van der Waals surface area contributed by atoms with Gasteiger partial charge in [0.15, 0.2) is 0 Å². The summed E-state index contributed by atoms with van der Waals surface area (Å²) in [5.74, 6) is -1.07. The van der Waals surface area contributed by atoms with Crippen molar-refractivity contribution in [3.63, 3.8) is 0 Å². The van der Waals surface area contributed by atoms with Gasteiger partial charge < -0.3 is 10.2 Å². The van der Waals surface area contributed by atoms with Crippen LogP contribution in [0.15, 0.2) is 88.7 Å². The predicted octanol–water partition coefficient (Wildman–Crippen LogP) is 5.20. The molecule has 0 aromatic heterocycles. The fourth-order valence-corrected chi connectivity index (χ4v) is 3.96. The highest BCUT2D eigenvalue weighted by Gasteiger charge is 2.36. The molecular weight excluding hydrogens is 368 g/mol. The van der Waals surface area contributed by atoms with Crippen LogP contribution >= 0.6 is 23.4 Å². The van der Waals surface area contributed by atoms with E-state index in [1.165, 1.54) is 11.8 Å². The summed E-state index contributed by atoms with van der Waals surface area (Å²) in [6, 6.07) is 23.6. The van der Waals surface area contributed by atoms with Crippen LogP contribution in [0.4, 0.5) is 0 Å². The molecule has 0 saturated heterocycles. The lowest BCUT2D eigenvalue weighted by molar-refractivity contribution is -0.141. The van der Waals surface area contributed by atoms with Gasteiger partial charge in [0.05, 0.1) is 6.42 Å². The molecule has 0 spiro atoms. The number of hydrogen-bond acceptors (Lipinski definition) is 3. The summed E-state index contributed by atoms with van der Waals surface area (Å²) in [6.07, 6.45) is -0.421.